The highest BCUT2D eigenvalue weighted by Crippen LogP contribution is 2.16. The van der Waals surface area contributed by atoms with Gasteiger partial charge in [0.1, 0.15) is 23.0 Å². The Morgan fingerprint density at radius 2 is 2.10 bits per heavy atom. The summed E-state index contributed by atoms with van der Waals surface area (Å²) < 4.78 is 14.8. The predicted octanol–water partition coefficient (Wildman–Crippen LogP) is 2.74. The van der Waals surface area contributed by atoms with Gasteiger partial charge < -0.3 is 5.32 Å². The van der Waals surface area contributed by atoms with Crippen molar-refractivity contribution in [2.75, 3.05) is 5.32 Å². The number of pyridine rings is 2. The van der Waals surface area contributed by atoms with E-state index in [9.17, 15) is 9.18 Å². The van der Waals surface area contributed by atoms with E-state index in [0.29, 0.717) is 22.9 Å². The van der Waals surface area contributed by atoms with Gasteiger partial charge in [-0.25, -0.2) is 14.4 Å². The number of hydrogen-bond donors (Lipinski definition) is 1. The number of aromatic nitrogens is 3. The van der Waals surface area contributed by atoms with Gasteiger partial charge in [-0.15, -0.1) is 0 Å². The summed E-state index contributed by atoms with van der Waals surface area (Å²) in [6.07, 6.45) is 2.85. The lowest BCUT2D eigenvalue weighted by Gasteiger charge is -2.07. The van der Waals surface area contributed by atoms with E-state index >= 15 is 0 Å². The van der Waals surface area contributed by atoms with Crippen LogP contribution in [0.2, 0.25) is 0 Å². The van der Waals surface area contributed by atoms with Gasteiger partial charge in [-0.1, -0.05) is 6.07 Å². The maximum absolute atomic E-state index is 13.4. The van der Waals surface area contributed by atoms with Gasteiger partial charge in [-0.05, 0) is 37.6 Å². The van der Waals surface area contributed by atoms with Gasteiger partial charge in [0.25, 0.3) is 5.91 Å². The summed E-state index contributed by atoms with van der Waals surface area (Å²) in [5.74, 6) is -0.316. The lowest BCUT2D eigenvalue weighted by Crippen LogP contribution is -2.17. The van der Waals surface area contributed by atoms with Crippen LogP contribution in [0.4, 0.5) is 10.2 Å². The Kier molecular flexibility index (Phi) is 3.13. The number of imidazole rings is 1. The van der Waals surface area contributed by atoms with Gasteiger partial charge in [0.15, 0.2) is 0 Å². The average molecular weight is 284 g/mol. The van der Waals surface area contributed by atoms with E-state index in [1.807, 2.05) is 13.0 Å². The number of carbonyl (C=O) groups excluding carboxylic acids is 1. The molecule has 6 heteroatoms. The quantitative estimate of drug-likeness (QED) is 0.787. The Morgan fingerprint density at radius 3 is 2.86 bits per heavy atom. The first-order valence-electron chi connectivity index (χ1n) is 6.43. The minimum absolute atomic E-state index is 0.301. The summed E-state index contributed by atoms with van der Waals surface area (Å²) in [6, 6.07) is 6.49. The van der Waals surface area contributed by atoms with Crippen molar-refractivity contribution in [3.8, 4) is 0 Å². The number of aryl methyl sites for hydroxylation is 2. The topological polar surface area (TPSA) is 59.3 Å². The van der Waals surface area contributed by atoms with E-state index in [1.54, 1.807) is 19.2 Å². The SMILES string of the molecule is Cc1cccnc1NC(=O)c1c(C)nc2ccc(F)cn12. The van der Waals surface area contributed by atoms with Crippen molar-refractivity contribution >= 4 is 17.4 Å². The number of anilines is 1. The average Bonchev–Trinajstić information content (AvgIpc) is 2.76. The third-order valence-corrected chi connectivity index (χ3v) is 3.21. The maximum atomic E-state index is 13.4. The van der Waals surface area contributed by atoms with Crippen LogP contribution in [0.3, 0.4) is 0 Å². The normalized spacial score (nSPS) is 10.8. The highest BCUT2D eigenvalue weighted by Gasteiger charge is 2.18. The minimum atomic E-state index is -0.428. The molecule has 0 fully saturated rings. The van der Waals surface area contributed by atoms with Gasteiger partial charge in [0.05, 0.1) is 5.69 Å². The van der Waals surface area contributed by atoms with Crippen molar-refractivity contribution in [1.82, 2.24) is 14.4 Å². The third kappa shape index (κ3) is 2.35. The Bertz CT molecular complexity index is 841. The Labute approximate surface area is 120 Å². The first-order chi connectivity index (χ1) is 10.1. The van der Waals surface area contributed by atoms with Crippen LogP contribution in [0.15, 0.2) is 36.7 Å². The highest BCUT2D eigenvalue weighted by atomic mass is 19.1. The zero-order valence-electron chi connectivity index (χ0n) is 11.6. The van der Waals surface area contributed by atoms with Crippen LogP contribution in [0.25, 0.3) is 5.65 Å². The molecule has 1 N–H and O–H groups in total. The van der Waals surface area contributed by atoms with Crippen molar-refractivity contribution in [3.63, 3.8) is 0 Å². The molecular formula is C15H13FN4O. The Morgan fingerprint density at radius 1 is 1.29 bits per heavy atom. The maximum Gasteiger partial charge on any atom is 0.275 e. The van der Waals surface area contributed by atoms with E-state index < -0.39 is 5.82 Å². The fraction of sp³-hybridized carbons (Fsp3) is 0.133. The molecule has 0 bridgehead atoms. The molecule has 0 aliphatic heterocycles. The summed E-state index contributed by atoms with van der Waals surface area (Å²) in [4.78, 5) is 20.8. The number of nitrogens with one attached hydrogen (secondary N) is 1. The molecule has 0 saturated carbocycles. The standard InChI is InChI=1S/C15H13FN4O/c1-9-4-3-7-17-14(9)19-15(21)13-10(2)18-12-6-5-11(16)8-20(12)13/h3-8H,1-2H3,(H,17,19,21). The molecule has 5 nitrogen and oxygen atoms in total. The number of halogens is 1. The fourth-order valence-electron chi connectivity index (χ4n) is 2.19. The van der Waals surface area contributed by atoms with E-state index in [-0.39, 0.29) is 5.91 Å². The molecule has 0 spiro atoms. The van der Waals surface area contributed by atoms with E-state index in [4.69, 9.17) is 0 Å². The molecule has 3 rings (SSSR count). The molecule has 3 aromatic rings. The van der Waals surface area contributed by atoms with Gasteiger partial charge in [-0.3, -0.25) is 9.20 Å². The number of nitrogens with zero attached hydrogens (tertiary/aromatic N) is 3. The monoisotopic (exact) mass is 284 g/mol. The van der Waals surface area contributed by atoms with Crippen molar-refractivity contribution < 1.29 is 9.18 Å². The van der Waals surface area contributed by atoms with E-state index in [2.05, 4.69) is 15.3 Å². The van der Waals surface area contributed by atoms with Gasteiger partial charge in [0.2, 0.25) is 0 Å². The molecular weight excluding hydrogens is 271 g/mol. The second-order valence-corrected chi connectivity index (χ2v) is 4.74. The van der Waals surface area contributed by atoms with Crippen molar-refractivity contribution in [3.05, 3.63) is 59.4 Å². The second-order valence-electron chi connectivity index (χ2n) is 4.74. The van der Waals surface area contributed by atoms with Crippen molar-refractivity contribution in [2.24, 2.45) is 0 Å². The molecule has 0 atom stereocenters. The largest absolute Gasteiger partial charge is 0.305 e. The zero-order chi connectivity index (χ0) is 15.0. The molecule has 0 radical (unpaired) electrons. The van der Waals surface area contributed by atoms with Crippen LogP contribution in [0, 0.1) is 19.7 Å². The van der Waals surface area contributed by atoms with E-state index in [1.165, 1.54) is 22.7 Å². The zero-order valence-corrected chi connectivity index (χ0v) is 11.6. The highest BCUT2D eigenvalue weighted by molar-refractivity contribution is 6.04. The van der Waals surface area contributed by atoms with Gasteiger partial charge in [-0.2, -0.15) is 0 Å². The molecule has 3 heterocycles. The van der Waals surface area contributed by atoms with Crippen LogP contribution in [-0.2, 0) is 0 Å². The van der Waals surface area contributed by atoms with Crippen LogP contribution < -0.4 is 5.32 Å². The number of fused-ring (bicyclic) bond motifs is 1. The van der Waals surface area contributed by atoms with Crippen molar-refractivity contribution in [1.29, 1.82) is 0 Å². The molecule has 1 amide bonds. The molecule has 3 aromatic heterocycles. The molecule has 0 aliphatic rings. The van der Waals surface area contributed by atoms with Crippen LogP contribution in [0.5, 0.6) is 0 Å². The lowest BCUT2D eigenvalue weighted by molar-refractivity contribution is 0.102. The number of carbonyl (C=O) groups is 1. The first-order valence-corrected chi connectivity index (χ1v) is 6.43. The second kappa shape index (κ2) is 4.97. The van der Waals surface area contributed by atoms with Crippen LogP contribution in [0.1, 0.15) is 21.7 Å². The Balaban J connectivity index is 2.04. The molecule has 21 heavy (non-hydrogen) atoms. The number of hydrogen-bond acceptors (Lipinski definition) is 3. The molecule has 106 valence electrons. The summed E-state index contributed by atoms with van der Waals surface area (Å²) in [7, 11) is 0. The number of rotatable bonds is 2. The summed E-state index contributed by atoms with van der Waals surface area (Å²) in [6.45, 7) is 3.56. The lowest BCUT2D eigenvalue weighted by atomic mass is 10.2. The predicted molar refractivity (Wildman–Crippen MR) is 76.8 cm³/mol. The first kappa shape index (κ1) is 13.2. The summed E-state index contributed by atoms with van der Waals surface area (Å²) >= 11 is 0. The molecule has 0 unspecified atom stereocenters. The summed E-state index contributed by atoms with van der Waals surface area (Å²) in [5.41, 5.74) is 2.21. The minimum Gasteiger partial charge on any atom is -0.305 e. The van der Waals surface area contributed by atoms with Crippen LogP contribution >= 0.6 is 0 Å². The molecule has 0 saturated heterocycles. The third-order valence-electron chi connectivity index (χ3n) is 3.21. The number of amides is 1. The molecule has 0 aliphatic carbocycles. The van der Waals surface area contributed by atoms with Gasteiger partial charge in [0, 0.05) is 12.4 Å². The van der Waals surface area contributed by atoms with E-state index in [0.717, 1.165) is 5.56 Å². The van der Waals surface area contributed by atoms with Crippen molar-refractivity contribution in [2.45, 2.75) is 13.8 Å². The fourth-order valence-corrected chi connectivity index (χ4v) is 2.19. The van der Waals surface area contributed by atoms with Gasteiger partial charge >= 0.3 is 0 Å². The smallest absolute Gasteiger partial charge is 0.275 e. The summed E-state index contributed by atoms with van der Waals surface area (Å²) in [5, 5.41) is 2.73. The molecule has 0 aromatic carbocycles. The Hall–Kier alpha value is -2.76. The van der Waals surface area contributed by atoms with Crippen LogP contribution in [-0.4, -0.2) is 20.3 Å².